The third kappa shape index (κ3) is 7.50. The Kier molecular flexibility index (Phi) is 9.34. The van der Waals surface area contributed by atoms with Gasteiger partial charge in [-0.3, -0.25) is 0 Å². The Morgan fingerprint density at radius 2 is 1.65 bits per heavy atom. The average Bonchev–Trinajstić information content (AvgIpc) is 3.88. The summed E-state index contributed by atoms with van der Waals surface area (Å²) < 4.78 is 101. The number of rotatable bonds is 8. The van der Waals surface area contributed by atoms with Crippen molar-refractivity contribution in [2.24, 2.45) is 11.3 Å². The van der Waals surface area contributed by atoms with E-state index in [1.165, 1.54) is 24.3 Å². The molecule has 2 aliphatic heterocycles. The number of alkyl halides is 6. The standard InChI is InChI=1S/C39H37F6N3O7/c40-38(41,42)27-4-2-1-3-24(27)33-26(34(55-47-33)21-5-6-21)13-20-18-37(19-20)9-11-48(12-10-37)22-7-8-29-25(14-22)28(39(43,44)45)17-30(46-29)36(52)54-32-16-23(49)15-31(53-32)35(50)51/h1-4,7-8,14,17,20-21,23,31-32,49H,5-6,9-13,15-16,18-19H2,(H,50,51)/t23-,31-,32-/m0/s1. The van der Waals surface area contributed by atoms with E-state index in [-0.39, 0.29) is 52.3 Å². The number of anilines is 1. The molecule has 4 fully saturated rings. The molecule has 10 nitrogen and oxygen atoms in total. The molecule has 55 heavy (non-hydrogen) atoms. The molecule has 0 unspecified atom stereocenters. The Balaban J connectivity index is 0.947. The lowest BCUT2D eigenvalue weighted by Gasteiger charge is -2.53. The molecule has 3 atom stereocenters. The highest BCUT2D eigenvalue weighted by Crippen LogP contribution is 2.56. The fourth-order valence-electron chi connectivity index (χ4n) is 8.60. The van der Waals surface area contributed by atoms with Crippen molar-refractivity contribution in [2.75, 3.05) is 18.0 Å². The summed E-state index contributed by atoms with van der Waals surface area (Å²) >= 11 is 0. The molecule has 2 saturated heterocycles. The van der Waals surface area contributed by atoms with E-state index < -0.39 is 59.6 Å². The Hall–Kier alpha value is -4.70. The minimum atomic E-state index is -4.85. The highest BCUT2D eigenvalue weighted by molar-refractivity contribution is 5.94. The maximum absolute atomic E-state index is 14.4. The molecule has 4 heterocycles. The summed E-state index contributed by atoms with van der Waals surface area (Å²) in [5.41, 5.74) is -0.957. The maximum Gasteiger partial charge on any atom is 0.417 e. The number of piperidine rings is 1. The highest BCUT2D eigenvalue weighted by atomic mass is 19.4. The van der Waals surface area contributed by atoms with Gasteiger partial charge in [0.2, 0.25) is 6.29 Å². The van der Waals surface area contributed by atoms with Gasteiger partial charge < -0.3 is 29.1 Å². The molecule has 2 saturated carbocycles. The van der Waals surface area contributed by atoms with Crippen LogP contribution in [0.5, 0.6) is 0 Å². The number of pyridine rings is 1. The van der Waals surface area contributed by atoms with Gasteiger partial charge in [-0.2, -0.15) is 26.3 Å². The molecule has 8 rings (SSSR count). The van der Waals surface area contributed by atoms with E-state index in [9.17, 15) is 46.1 Å². The zero-order valence-corrected chi connectivity index (χ0v) is 29.3. The molecule has 0 amide bonds. The molecule has 16 heteroatoms. The summed E-state index contributed by atoms with van der Waals surface area (Å²) in [5.74, 6) is -1.55. The summed E-state index contributed by atoms with van der Waals surface area (Å²) in [4.78, 5) is 30.4. The maximum atomic E-state index is 14.4. The summed E-state index contributed by atoms with van der Waals surface area (Å²) in [6.07, 6.45) is -8.24. The lowest BCUT2D eigenvalue weighted by molar-refractivity contribution is -0.204. The van der Waals surface area contributed by atoms with Crippen LogP contribution in [0.2, 0.25) is 0 Å². The van der Waals surface area contributed by atoms with Crippen LogP contribution in [0.1, 0.15) is 90.2 Å². The van der Waals surface area contributed by atoms with Gasteiger partial charge in [-0.15, -0.1) is 0 Å². The number of nitrogens with zero attached hydrogens (tertiary/aromatic N) is 3. The molecule has 1 spiro atoms. The van der Waals surface area contributed by atoms with Gasteiger partial charge in [-0.25, -0.2) is 14.6 Å². The van der Waals surface area contributed by atoms with Gasteiger partial charge in [0.25, 0.3) is 0 Å². The molecule has 4 aromatic rings. The fourth-order valence-corrected chi connectivity index (χ4v) is 8.60. The molecule has 292 valence electrons. The first-order valence-corrected chi connectivity index (χ1v) is 18.3. The van der Waals surface area contributed by atoms with E-state index in [1.807, 2.05) is 4.90 Å². The normalized spacial score (nSPS) is 23.2. The van der Waals surface area contributed by atoms with Crippen LogP contribution < -0.4 is 4.90 Å². The number of aliphatic carboxylic acids is 1. The Labute approximate surface area is 310 Å². The molecule has 2 aromatic heterocycles. The Morgan fingerprint density at radius 3 is 2.33 bits per heavy atom. The van der Waals surface area contributed by atoms with Gasteiger partial charge in [0.1, 0.15) is 17.1 Å². The molecule has 0 radical (unpaired) electrons. The van der Waals surface area contributed by atoms with E-state index in [2.05, 4.69) is 10.1 Å². The summed E-state index contributed by atoms with van der Waals surface area (Å²) in [5, 5.41) is 23.2. The number of carbonyl (C=O) groups is 2. The Morgan fingerprint density at radius 1 is 0.945 bits per heavy atom. The van der Waals surface area contributed by atoms with Crippen molar-refractivity contribution < 1.29 is 60.1 Å². The van der Waals surface area contributed by atoms with Gasteiger partial charge in [0, 0.05) is 54.0 Å². The number of benzene rings is 2. The lowest BCUT2D eigenvalue weighted by Crippen LogP contribution is -2.47. The second kappa shape index (κ2) is 13.8. The second-order valence-corrected chi connectivity index (χ2v) is 15.3. The van der Waals surface area contributed by atoms with Crippen molar-refractivity contribution in [2.45, 2.75) is 94.6 Å². The van der Waals surface area contributed by atoms with Crippen molar-refractivity contribution in [1.82, 2.24) is 10.1 Å². The van der Waals surface area contributed by atoms with E-state index in [0.717, 1.165) is 50.2 Å². The molecular weight excluding hydrogens is 736 g/mol. The first-order chi connectivity index (χ1) is 26.1. The third-order valence-corrected chi connectivity index (χ3v) is 11.5. The number of aromatic nitrogens is 2. The number of carboxylic acids is 1. The number of esters is 1. The number of halogens is 6. The predicted molar refractivity (Wildman–Crippen MR) is 183 cm³/mol. The van der Waals surface area contributed by atoms with Crippen LogP contribution in [-0.2, 0) is 33.0 Å². The summed E-state index contributed by atoms with van der Waals surface area (Å²) in [7, 11) is 0. The molecule has 4 aliphatic rings. The monoisotopic (exact) mass is 773 g/mol. The largest absolute Gasteiger partial charge is 0.479 e. The SMILES string of the molecule is O=C(O[C@H]1C[C@@H](O)C[C@@H](C(=O)O)O1)c1cc(C(F)(F)F)c2cc(N3CCC4(CC3)CC(Cc3c(-c5ccccc5C(F)(F)F)noc3C3CC3)C4)ccc2n1. The van der Waals surface area contributed by atoms with E-state index in [4.69, 9.17) is 14.0 Å². The number of fused-ring (bicyclic) bond motifs is 1. The van der Waals surface area contributed by atoms with Gasteiger partial charge in [0.05, 0.1) is 22.7 Å². The molecule has 2 aliphatic carbocycles. The lowest BCUT2D eigenvalue weighted by atomic mass is 9.56. The number of carboxylic acid groups (broad SMARTS) is 1. The van der Waals surface area contributed by atoms with Gasteiger partial charge >= 0.3 is 24.3 Å². The second-order valence-electron chi connectivity index (χ2n) is 15.3. The molecule has 2 aromatic carbocycles. The topological polar surface area (TPSA) is 135 Å². The van der Waals surface area contributed by atoms with Crippen LogP contribution >= 0.6 is 0 Å². The zero-order chi connectivity index (χ0) is 38.9. The minimum Gasteiger partial charge on any atom is -0.479 e. The highest BCUT2D eigenvalue weighted by Gasteiger charge is 2.47. The quantitative estimate of drug-likeness (QED) is 0.133. The van der Waals surface area contributed by atoms with E-state index in [1.54, 1.807) is 12.1 Å². The van der Waals surface area contributed by atoms with E-state index >= 15 is 0 Å². The third-order valence-electron chi connectivity index (χ3n) is 11.5. The first-order valence-electron chi connectivity index (χ1n) is 18.3. The molecule has 0 bridgehead atoms. The number of aliphatic hydroxyl groups is 1. The number of aliphatic hydroxyl groups excluding tert-OH is 1. The minimum absolute atomic E-state index is 0.0175. The number of carbonyl (C=O) groups excluding carboxylic acids is 1. The predicted octanol–water partition coefficient (Wildman–Crippen LogP) is 8.15. The number of hydrogen-bond donors (Lipinski definition) is 2. The van der Waals surface area contributed by atoms with Crippen molar-refractivity contribution in [3.8, 4) is 11.3 Å². The van der Waals surface area contributed by atoms with Crippen LogP contribution in [0, 0.1) is 11.3 Å². The molecule has 2 N–H and O–H groups in total. The number of hydrogen-bond acceptors (Lipinski definition) is 9. The molecular formula is C39H37F6N3O7. The fraction of sp³-hybridized carbons (Fsp3) is 0.487. The smallest absolute Gasteiger partial charge is 0.417 e. The van der Waals surface area contributed by atoms with Gasteiger partial charge in [-0.05, 0) is 86.6 Å². The van der Waals surface area contributed by atoms with Crippen LogP contribution in [0.25, 0.3) is 22.2 Å². The van der Waals surface area contributed by atoms with Crippen LogP contribution in [0.3, 0.4) is 0 Å². The van der Waals surface area contributed by atoms with Crippen molar-refractivity contribution in [1.29, 1.82) is 0 Å². The first kappa shape index (κ1) is 37.2. The average molecular weight is 774 g/mol. The number of ether oxygens (including phenoxy) is 2. The van der Waals surface area contributed by atoms with Crippen LogP contribution in [-0.4, -0.2) is 63.9 Å². The van der Waals surface area contributed by atoms with Crippen molar-refractivity contribution >= 4 is 28.5 Å². The summed E-state index contributed by atoms with van der Waals surface area (Å²) in [6.45, 7) is 1.18. The van der Waals surface area contributed by atoms with Gasteiger partial charge in [0.15, 0.2) is 6.10 Å². The zero-order valence-electron chi connectivity index (χ0n) is 29.3. The van der Waals surface area contributed by atoms with Crippen molar-refractivity contribution in [3.63, 3.8) is 0 Å². The van der Waals surface area contributed by atoms with Gasteiger partial charge in [-0.1, -0.05) is 23.4 Å². The Bertz CT molecular complexity index is 2110. The van der Waals surface area contributed by atoms with Crippen molar-refractivity contribution in [3.05, 3.63) is 76.7 Å². The van der Waals surface area contributed by atoms with Crippen LogP contribution in [0.4, 0.5) is 32.0 Å². The van der Waals surface area contributed by atoms with E-state index in [0.29, 0.717) is 37.0 Å². The summed E-state index contributed by atoms with van der Waals surface area (Å²) in [6, 6.07) is 10.5. The van der Waals surface area contributed by atoms with Crippen LogP contribution in [0.15, 0.2) is 53.1 Å².